The van der Waals surface area contributed by atoms with Crippen LogP contribution in [-0.4, -0.2) is 36.8 Å². The van der Waals surface area contributed by atoms with E-state index in [1.807, 2.05) is 0 Å². The van der Waals surface area contributed by atoms with Gasteiger partial charge in [-0.05, 0) is 0 Å². The van der Waals surface area contributed by atoms with Gasteiger partial charge in [-0.1, -0.05) is 25.6 Å². The van der Waals surface area contributed by atoms with E-state index in [9.17, 15) is 4.79 Å². The second-order valence-corrected chi connectivity index (χ2v) is 8.99. The van der Waals surface area contributed by atoms with E-state index >= 15 is 0 Å². The quantitative estimate of drug-likeness (QED) is 0.376. The number of aliphatic hydroxyl groups excluding tert-OH is 1. The van der Waals surface area contributed by atoms with Gasteiger partial charge in [0.1, 0.15) is 20.8 Å². The summed E-state index contributed by atoms with van der Waals surface area (Å²) in [6.45, 7) is 6.27. The zero-order valence-electron chi connectivity index (χ0n) is 8.29. The van der Waals surface area contributed by atoms with E-state index in [4.69, 9.17) is 5.11 Å². The standard InChI is InChI=1S/C9H15NO2Si/c1-13(2,3)5-4-8-6-9(12)10(8)7-11/h8,11H,6-7H2,1-3H3. The maximum atomic E-state index is 10.9. The number of hydrogen-bond acceptors (Lipinski definition) is 2. The summed E-state index contributed by atoms with van der Waals surface area (Å²) in [7, 11) is -1.35. The SMILES string of the molecule is C[Si](C)(C)C#CC1CC(=O)N1CO. The molecule has 1 rings (SSSR count). The van der Waals surface area contributed by atoms with Crippen molar-refractivity contribution in [3.63, 3.8) is 0 Å². The molecule has 1 fully saturated rings. The van der Waals surface area contributed by atoms with Crippen molar-refractivity contribution in [2.24, 2.45) is 0 Å². The van der Waals surface area contributed by atoms with Crippen LogP contribution in [-0.2, 0) is 4.79 Å². The molecular formula is C9H15NO2Si. The van der Waals surface area contributed by atoms with Crippen LogP contribution in [0.1, 0.15) is 6.42 Å². The lowest BCUT2D eigenvalue weighted by molar-refractivity contribution is -0.148. The van der Waals surface area contributed by atoms with Crippen LogP contribution in [0.5, 0.6) is 0 Å². The van der Waals surface area contributed by atoms with Crippen LogP contribution in [0, 0.1) is 11.5 Å². The molecule has 1 heterocycles. The van der Waals surface area contributed by atoms with Gasteiger partial charge in [0.2, 0.25) is 5.91 Å². The molecule has 0 radical (unpaired) electrons. The Kier molecular flexibility index (Phi) is 2.79. The first-order valence-electron chi connectivity index (χ1n) is 4.37. The molecule has 0 aliphatic carbocycles. The van der Waals surface area contributed by atoms with Crippen molar-refractivity contribution in [1.29, 1.82) is 0 Å². The Hall–Kier alpha value is -0.793. The highest BCUT2D eigenvalue weighted by atomic mass is 28.3. The number of carbonyl (C=O) groups excluding carboxylic acids is 1. The van der Waals surface area contributed by atoms with Crippen LogP contribution in [0.25, 0.3) is 0 Å². The Labute approximate surface area is 79.7 Å². The molecule has 0 aromatic carbocycles. The Morgan fingerprint density at radius 1 is 1.62 bits per heavy atom. The molecule has 72 valence electrons. The van der Waals surface area contributed by atoms with Crippen molar-refractivity contribution in [1.82, 2.24) is 4.90 Å². The summed E-state index contributed by atoms with van der Waals surface area (Å²) >= 11 is 0. The van der Waals surface area contributed by atoms with Crippen LogP contribution in [0.15, 0.2) is 0 Å². The monoisotopic (exact) mass is 197 g/mol. The number of aliphatic hydroxyl groups is 1. The lowest BCUT2D eigenvalue weighted by Crippen LogP contribution is -2.52. The van der Waals surface area contributed by atoms with Gasteiger partial charge < -0.3 is 10.0 Å². The zero-order valence-corrected chi connectivity index (χ0v) is 9.29. The first-order chi connectivity index (χ1) is 5.94. The molecule has 0 aromatic heterocycles. The van der Waals surface area contributed by atoms with E-state index in [-0.39, 0.29) is 18.7 Å². The molecule has 1 aliphatic heterocycles. The Bertz CT molecular complexity index is 272. The number of carbonyl (C=O) groups is 1. The van der Waals surface area contributed by atoms with Crippen LogP contribution in [0.3, 0.4) is 0 Å². The molecule has 1 amide bonds. The van der Waals surface area contributed by atoms with Crippen molar-refractivity contribution in [3.8, 4) is 11.5 Å². The number of rotatable bonds is 1. The highest BCUT2D eigenvalue weighted by Gasteiger charge is 2.34. The fourth-order valence-corrected chi connectivity index (χ4v) is 1.66. The van der Waals surface area contributed by atoms with E-state index < -0.39 is 8.07 Å². The van der Waals surface area contributed by atoms with E-state index in [0.29, 0.717) is 6.42 Å². The number of hydrogen-bond donors (Lipinski definition) is 1. The summed E-state index contributed by atoms with van der Waals surface area (Å²) in [6.07, 6.45) is 0.470. The Balaban J connectivity index is 2.56. The largest absolute Gasteiger partial charge is 0.376 e. The summed E-state index contributed by atoms with van der Waals surface area (Å²) in [4.78, 5) is 12.3. The third-order valence-corrected chi connectivity index (χ3v) is 2.73. The van der Waals surface area contributed by atoms with E-state index in [0.717, 1.165) is 0 Å². The number of amides is 1. The Morgan fingerprint density at radius 3 is 2.62 bits per heavy atom. The van der Waals surface area contributed by atoms with Gasteiger partial charge in [-0.15, -0.1) is 5.54 Å². The van der Waals surface area contributed by atoms with Gasteiger partial charge in [0.15, 0.2) is 0 Å². The maximum Gasteiger partial charge on any atom is 0.228 e. The lowest BCUT2D eigenvalue weighted by atomic mass is 10.0. The van der Waals surface area contributed by atoms with Gasteiger partial charge in [-0.2, -0.15) is 0 Å². The van der Waals surface area contributed by atoms with Gasteiger partial charge >= 0.3 is 0 Å². The van der Waals surface area contributed by atoms with Gasteiger partial charge in [0.05, 0.1) is 6.42 Å². The average molecular weight is 197 g/mol. The smallest absolute Gasteiger partial charge is 0.228 e. The molecule has 1 saturated heterocycles. The minimum atomic E-state index is -1.35. The molecule has 0 saturated carbocycles. The molecule has 1 aliphatic rings. The molecule has 0 aromatic rings. The van der Waals surface area contributed by atoms with Gasteiger partial charge in [0, 0.05) is 0 Å². The Morgan fingerprint density at radius 2 is 2.23 bits per heavy atom. The topological polar surface area (TPSA) is 40.5 Å². The molecule has 0 bridgehead atoms. The molecule has 1 atom stereocenters. The third kappa shape index (κ3) is 2.58. The normalized spacial score (nSPS) is 22.0. The predicted molar refractivity (Wildman–Crippen MR) is 53.5 cm³/mol. The van der Waals surface area contributed by atoms with Gasteiger partial charge in [-0.3, -0.25) is 4.79 Å². The van der Waals surface area contributed by atoms with Gasteiger partial charge in [0.25, 0.3) is 0 Å². The molecule has 13 heavy (non-hydrogen) atoms. The molecule has 1 N–H and O–H groups in total. The summed E-state index contributed by atoms with van der Waals surface area (Å²) in [5.74, 6) is 3.04. The zero-order chi connectivity index (χ0) is 10.1. The summed E-state index contributed by atoms with van der Waals surface area (Å²) in [6, 6.07) is -0.0378. The van der Waals surface area contributed by atoms with Crippen molar-refractivity contribution >= 4 is 14.0 Å². The van der Waals surface area contributed by atoms with Crippen LogP contribution < -0.4 is 0 Å². The second-order valence-electron chi connectivity index (χ2n) is 4.24. The highest BCUT2D eigenvalue weighted by Crippen LogP contribution is 2.17. The average Bonchev–Trinajstić information content (AvgIpc) is 1.96. The van der Waals surface area contributed by atoms with Crippen LogP contribution >= 0.6 is 0 Å². The van der Waals surface area contributed by atoms with Crippen molar-refractivity contribution < 1.29 is 9.90 Å². The molecule has 0 spiro atoms. The van der Waals surface area contributed by atoms with Crippen molar-refractivity contribution in [2.45, 2.75) is 32.1 Å². The van der Waals surface area contributed by atoms with E-state index in [1.165, 1.54) is 4.90 Å². The molecular weight excluding hydrogens is 182 g/mol. The number of β-lactam (4-membered cyclic amide) rings is 1. The minimum Gasteiger partial charge on any atom is -0.376 e. The highest BCUT2D eigenvalue weighted by molar-refractivity contribution is 6.83. The van der Waals surface area contributed by atoms with Crippen molar-refractivity contribution in [3.05, 3.63) is 0 Å². The molecule has 4 heteroatoms. The number of likely N-dealkylation sites (tertiary alicyclic amines) is 1. The van der Waals surface area contributed by atoms with Gasteiger partial charge in [-0.25, -0.2) is 0 Å². The van der Waals surface area contributed by atoms with Crippen LogP contribution in [0.4, 0.5) is 0 Å². The van der Waals surface area contributed by atoms with Crippen molar-refractivity contribution in [2.75, 3.05) is 6.73 Å². The maximum absolute atomic E-state index is 10.9. The molecule has 3 nitrogen and oxygen atoms in total. The predicted octanol–water partition coefficient (Wildman–Crippen LogP) is 0.418. The summed E-state index contributed by atoms with van der Waals surface area (Å²) in [5, 5.41) is 8.80. The third-order valence-electron chi connectivity index (χ3n) is 1.83. The van der Waals surface area contributed by atoms with E-state index in [1.54, 1.807) is 0 Å². The molecule has 1 unspecified atom stereocenters. The summed E-state index contributed by atoms with van der Waals surface area (Å²) < 4.78 is 0. The lowest BCUT2D eigenvalue weighted by Gasteiger charge is -2.35. The summed E-state index contributed by atoms with van der Waals surface area (Å²) in [5.41, 5.74) is 3.19. The fraction of sp³-hybridized carbons (Fsp3) is 0.667. The van der Waals surface area contributed by atoms with E-state index in [2.05, 4.69) is 31.1 Å². The van der Waals surface area contributed by atoms with Crippen LogP contribution in [0.2, 0.25) is 19.6 Å². The fourth-order valence-electron chi connectivity index (χ4n) is 1.06. The second kappa shape index (κ2) is 3.52. The minimum absolute atomic E-state index is 0.00243. The first-order valence-corrected chi connectivity index (χ1v) is 7.87. The number of nitrogens with zero attached hydrogens (tertiary/aromatic N) is 1. The first kappa shape index (κ1) is 10.3.